The first-order valence-corrected chi connectivity index (χ1v) is 7.67. The van der Waals surface area contributed by atoms with Crippen LogP contribution < -0.4 is 5.32 Å². The summed E-state index contributed by atoms with van der Waals surface area (Å²) < 4.78 is 5.83. The van der Waals surface area contributed by atoms with E-state index < -0.39 is 0 Å². The Morgan fingerprint density at radius 1 is 1.28 bits per heavy atom. The second kappa shape index (κ2) is 5.89. The molecule has 2 saturated carbocycles. The molecular weight excluding hydrogens is 226 g/mol. The minimum absolute atomic E-state index is 0.147. The SMILES string of the molecule is CCOC1CC(NC2CCCCC2O)C1(C)CC. The lowest BCUT2D eigenvalue weighted by Gasteiger charge is -2.55. The van der Waals surface area contributed by atoms with Gasteiger partial charge in [-0.3, -0.25) is 0 Å². The van der Waals surface area contributed by atoms with E-state index in [9.17, 15) is 5.11 Å². The number of aliphatic hydroxyl groups excluding tert-OH is 1. The molecule has 106 valence electrons. The molecule has 3 heteroatoms. The fourth-order valence-corrected chi connectivity index (χ4v) is 3.57. The zero-order chi connectivity index (χ0) is 13.2. The molecule has 2 aliphatic rings. The van der Waals surface area contributed by atoms with E-state index >= 15 is 0 Å². The first kappa shape index (κ1) is 14.3. The van der Waals surface area contributed by atoms with Gasteiger partial charge >= 0.3 is 0 Å². The van der Waals surface area contributed by atoms with Crippen molar-refractivity contribution in [1.29, 1.82) is 0 Å². The van der Waals surface area contributed by atoms with E-state index in [2.05, 4.69) is 26.1 Å². The standard InChI is InChI=1S/C15H29NO2/c1-4-15(3)13(10-14(15)18-5-2)16-11-8-6-7-9-12(11)17/h11-14,16-17H,4-10H2,1-3H3. The van der Waals surface area contributed by atoms with Crippen molar-refractivity contribution in [2.45, 2.75) is 83.6 Å². The summed E-state index contributed by atoms with van der Waals surface area (Å²) >= 11 is 0. The molecule has 5 unspecified atom stereocenters. The van der Waals surface area contributed by atoms with Crippen LogP contribution in [0.25, 0.3) is 0 Å². The summed E-state index contributed by atoms with van der Waals surface area (Å²) in [5.41, 5.74) is 0.243. The fourth-order valence-electron chi connectivity index (χ4n) is 3.57. The lowest BCUT2D eigenvalue weighted by molar-refractivity contribution is -0.131. The van der Waals surface area contributed by atoms with Crippen molar-refractivity contribution in [2.24, 2.45) is 5.41 Å². The lowest BCUT2D eigenvalue weighted by Crippen LogP contribution is -2.65. The number of nitrogens with one attached hydrogen (secondary N) is 1. The molecule has 2 aliphatic carbocycles. The largest absolute Gasteiger partial charge is 0.392 e. The van der Waals surface area contributed by atoms with Gasteiger partial charge in [-0.2, -0.15) is 0 Å². The molecule has 5 atom stereocenters. The highest BCUT2D eigenvalue weighted by atomic mass is 16.5. The number of hydrogen-bond donors (Lipinski definition) is 2. The highest BCUT2D eigenvalue weighted by Crippen LogP contribution is 2.46. The molecule has 0 bridgehead atoms. The van der Waals surface area contributed by atoms with Crippen LogP contribution in [0.3, 0.4) is 0 Å². The molecule has 18 heavy (non-hydrogen) atoms. The molecule has 0 amide bonds. The second-order valence-electron chi connectivity index (χ2n) is 6.22. The summed E-state index contributed by atoms with van der Waals surface area (Å²) in [4.78, 5) is 0. The number of aliphatic hydroxyl groups is 1. The van der Waals surface area contributed by atoms with Crippen molar-refractivity contribution in [3.63, 3.8) is 0 Å². The van der Waals surface area contributed by atoms with Crippen LogP contribution in [0, 0.1) is 5.41 Å². The van der Waals surface area contributed by atoms with Crippen LogP contribution in [-0.4, -0.2) is 36.0 Å². The average molecular weight is 255 g/mol. The van der Waals surface area contributed by atoms with Crippen LogP contribution in [0.15, 0.2) is 0 Å². The van der Waals surface area contributed by atoms with Crippen molar-refractivity contribution in [2.75, 3.05) is 6.61 Å². The summed E-state index contributed by atoms with van der Waals surface area (Å²) in [6.07, 6.45) is 6.99. The smallest absolute Gasteiger partial charge is 0.0693 e. The minimum Gasteiger partial charge on any atom is -0.392 e. The molecule has 2 N–H and O–H groups in total. The van der Waals surface area contributed by atoms with E-state index in [1.54, 1.807) is 0 Å². The average Bonchev–Trinajstić information content (AvgIpc) is 2.38. The Balaban J connectivity index is 1.90. The third-order valence-electron chi connectivity index (χ3n) is 5.26. The minimum atomic E-state index is -0.147. The fraction of sp³-hybridized carbons (Fsp3) is 1.00. The van der Waals surface area contributed by atoms with Crippen LogP contribution in [0.5, 0.6) is 0 Å². The molecule has 0 saturated heterocycles. The normalized spacial score (nSPS) is 44.7. The van der Waals surface area contributed by atoms with Crippen LogP contribution in [-0.2, 0) is 4.74 Å². The van der Waals surface area contributed by atoms with Gasteiger partial charge in [0.1, 0.15) is 0 Å². The van der Waals surface area contributed by atoms with Gasteiger partial charge < -0.3 is 15.2 Å². The van der Waals surface area contributed by atoms with E-state index in [1.807, 2.05) is 0 Å². The molecule has 0 heterocycles. The molecule has 2 rings (SSSR count). The van der Waals surface area contributed by atoms with Gasteiger partial charge in [0.25, 0.3) is 0 Å². The first-order chi connectivity index (χ1) is 8.61. The van der Waals surface area contributed by atoms with E-state index in [0.29, 0.717) is 18.2 Å². The Bertz CT molecular complexity index is 271. The Labute approximate surface area is 111 Å². The number of rotatable bonds is 5. The van der Waals surface area contributed by atoms with Crippen LogP contribution in [0.1, 0.15) is 59.3 Å². The van der Waals surface area contributed by atoms with Gasteiger partial charge in [-0.05, 0) is 32.6 Å². The maximum absolute atomic E-state index is 10.1. The maximum Gasteiger partial charge on any atom is 0.0693 e. The Kier molecular flexibility index (Phi) is 4.68. The van der Waals surface area contributed by atoms with Crippen molar-refractivity contribution in [1.82, 2.24) is 5.32 Å². The van der Waals surface area contributed by atoms with E-state index in [4.69, 9.17) is 4.74 Å². The van der Waals surface area contributed by atoms with E-state index in [1.165, 1.54) is 12.8 Å². The zero-order valence-corrected chi connectivity index (χ0v) is 12.1. The van der Waals surface area contributed by atoms with Gasteiger partial charge in [-0.1, -0.05) is 26.7 Å². The van der Waals surface area contributed by atoms with Crippen molar-refractivity contribution in [3.8, 4) is 0 Å². The van der Waals surface area contributed by atoms with Gasteiger partial charge in [0.05, 0.1) is 12.2 Å². The predicted octanol–water partition coefficient (Wildman–Crippen LogP) is 2.47. The molecule has 0 aromatic carbocycles. The molecule has 0 aromatic heterocycles. The van der Waals surface area contributed by atoms with Gasteiger partial charge in [-0.15, -0.1) is 0 Å². The summed E-state index contributed by atoms with van der Waals surface area (Å²) in [5, 5.41) is 13.8. The Hall–Kier alpha value is -0.120. The first-order valence-electron chi connectivity index (χ1n) is 7.67. The third kappa shape index (κ3) is 2.59. The molecule has 2 fully saturated rings. The van der Waals surface area contributed by atoms with E-state index in [0.717, 1.165) is 32.3 Å². The van der Waals surface area contributed by atoms with Gasteiger partial charge in [0, 0.05) is 24.1 Å². The van der Waals surface area contributed by atoms with Crippen molar-refractivity contribution >= 4 is 0 Å². The molecule has 0 aromatic rings. The monoisotopic (exact) mass is 255 g/mol. The Morgan fingerprint density at radius 2 is 2.00 bits per heavy atom. The van der Waals surface area contributed by atoms with E-state index in [-0.39, 0.29) is 11.5 Å². The number of hydrogen-bond acceptors (Lipinski definition) is 3. The van der Waals surface area contributed by atoms with Crippen LogP contribution in [0.2, 0.25) is 0 Å². The molecule has 0 aliphatic heterocycles. The maximum atomic E-state index is 10.1. The summed E-state index contributed by atoms with van der Waals surface area (Å²) in [6.45, 7) is 7.45. The molecular formula is C15H29NO2. The highest BCUT2D eigenvalue weighted by Gasteiger charge is 2.51. The summed E-state index contributed by atoms with van der Waals surface area (Å²) in [6, 6.07) is 0.814. The third-order valence-corrected chi connectivity index (χ3v) is 5.26. The topological polar surface area (TPSA) is 41.5 Å². The molecule has 0 spiro atoms. The quantitative estimate of drug-likeness (QED) is 0.793. The second-order valence-corrected chi connectivity index (χ2v) is 6.22. The van der Waals surface area contributed by atoms with Gasteiger partial charge in [0.2, 0.25) is 0 Å². The molecule has 3 nitrogen and oxygen atoms in total. The van der Waals surface area contributed by atoms with Crippen LogP contribution >= 0.6 is 0 Å². The van der Waals surface area contributed by atoms with Crippen molar-refractivity contribution < 1.29 is 9.84 Å². The van der Waals surface area contributed by atoms with Crippen molar-refractivity contribution in [3.05, 3.63) is 0 Å². The summed E-state index contributed by atoms with van der Waals surface area (Å²) in [7, 11) is 0. The Morgan fingerprint density at radius 3 is 2.61 bits per heavy atom. The molecule has 0 radical (unpaired) electrons. The zero-order valence-electron chi connectivity index (χ0n) is 12.1. The van der Waals surface area contributed by atoms with Gasteiger partial charge in [-0.25, -0.2) is 0 Å². The predicted molar refractivity (Wildman–Crippen MR) is 73.6 cm³/mol. The van der Waals surface area contributed by atoms with Gasteiger partial charge in [0.15, 0.2) is 0 Å². The summed E-state index contributed by atoms with van der Waals surface area (Å²) in [5.74, 6) is 0. The van der Waals surface area contributed by atoms with Crippen LogP contribution in [0.4, 0.5) is 0 Å². The number of ether oxygens (including phenoxy) is 1. The highest BCUT2D eigenvalue weighted by molar-refractivity contribution is 5.06. The lowest BCUT2D eigenvalue weighted by atomic mass is 9.61.